The van der Waals surface area contributed by atoms with Gasteiger partial charge in [0.15, 0.2) is 0 Å². The van der Waals surface area contributed by atoms with Crippen molar-refractivity contribution >= 4 is 5.69 Å². The van der Waals surface area contributed by atoms with Crippen molar-refractivity contribution < 1.29 is 4.48 Å². The number of anilines is 1. The summed E-state index contributed by atoms with van der Waals surface area (Å²) in [7, 11) is 0. The van der Waals surface area contributed by atoms with Crippen LogP contribution in [0, 0.1) is 11.3 Å². The van der Waals surface area contributed by atoms with Crippen molar-refractivity contribution in [1.29, 1.82) is 5.26 Å². The molecule has 0 bridgehead atoms. The number of hydrogen-bond acceptors (Lipinski definition) is 2. The van der Waals surface area contributed by atoms with E-state index >= 15 is 0 Å². The molecule has 0 heterocycles. The van der Waals surface area contributed by atoms with E-state index in [9.17, 15) is 4.48 Å². The fourth-order valence-electron chi connectivity index (χ4n) is 0.501. The minimum atomic E-state index is 0.493. The molecule has 0 atom stereocenters. The highest BCUT2D eigenvalue weighted by Gasteiger charge is 1.80. The summed E-state index contributed by atoms with van der Waals surface area (Å²) in [6, 6.07) is 10.4. The molecular weight excluding hydrogens is 143 g/mol. The minimum absolute atomic E-state index is 0.493. The van der Waals surface area contributed by atoms with E-state index in [4.69, 9.17) is 5.26 Å². The molecule has 0 amide bonds. The Labute approximate surface area is 65.2 Å². The van der Waals surface area contributed by atoms with Crippen molar-refractivity contribution in [3.8, 4) is 6.07 Å². The van der Waals surface area contributed by atoms with Crippen LogP contribution in [0.1, 0.15) is 6.92 Å². The van der Waals surface area contributed by atoms with Crippen LogP contribution in [0.25, 0.3) is 0 Å². The Kier molecular flexibility index (Phi) is 5.63. The molecule has 0 saturated carbocycles. The third kappa shape index (κ3) is 4.91. The van der Waals surface area contributed by atoms with Gasteiger partial charge in [-0.1, -0.05) is 18.2 Å². The Bertz CT molecular complexity index is 215. The normalized spacial score (nSPS) is 7.00. The lowest BCUT2D eigenvalue weighted by atomic mass is 10.3. The monoisotopic (exact) mass is 152 g/mol. The van der Waals surface area contributed by atoms with Crippen LogP contribution < -0.4 is 5.54 Å². The zero-order valence-electron chi connectivity index (χ0n) is 6.21. The van der Waals surface area contributed by atoms with Gasteiger partial charge in [0.25, 0.3) is 0 Å². The number of benzene rings is 1. The van der Waals surface area contributed by atoms with E-state index < -0.39 is 0 Å². The molecule has 0 aliphatic rings. The van der Waals surface area contributed by atoms with E-state index in [0.29, 0.717) is 5.69 Å². The van der Waals surface area contributed by atoms with E-state index in [-0.39, 0.29) is 0 Å². The summed E-state index contributed by atoms with van der Waals surface area (Å²) in [5.41, 5.74) is 2.02. The van der Waals surface area contributed by atoms with Gasteiger partial charge in [0.2, 0.25) is 0 Å². The van der Waals surface area contributed by atoms with E-state index in [1.165, 1.54) is 12.5 Å². The topological polar surface area (TPSA) is 35.8 Å². The Hall–Kier alpha value is -1.56. The van der Waals surface area contributed by atoms with Crippen molar-refractivity contribution in [3.63, 3.8) is 0 Å². The van der Waals surface area contributed by atoms with Crippen LogP contribution in [0.4, 0.5) is 10.2 Å². The molecule has 1 rings (SSSR count). The molecule has 0 radical (unpaired) electrons. The molecule has 1 aromatic carbocycles. The average Bonchev–Trinajstić information content (AvgIpc) is 2.08. The van der Waals surface area contributed by atoms with Crippen molar-refractivity contribution in [1.82, 2.24) is 0 Å². The molecular formula is C8H9FN2. The first kappa shape index (κ1) is 9.44. The average molecular weight is 152 g/mol. The van der Waals surface area contributed by atoms with Crippen LogP contribution >= 0.6 is 0 Å². The van der Waals surface area contributed by atoms with Gasteiger partial charge in [0.1, 0.15) is 0 Å². The van der Waals surface area contributed by atoms with Gasteiger partial charge in [-0.2, -0.15) is 5.26 Å². The Morgan fingerprint density at radius 2 is 1.82 bits per heavy atom. The van der Waals surface area contributed by atoms with Gasteiger partial charge in [-0.05, 0) is 12.1 Å². The number of para-hydroxylation sites is 1. The molecule has 0 unspecified atom stereocenters. The minimum Gasteiger partial charge on any atom is -0.225 e. The van der Waals surface area contributed by atoms with Gasteiger partial charge in [-0.15, -0.1) is 4.48 Å². The lowest BCUT2D eigenvalue weighted by Gasteiger charge is -1.89. The number of nitrogens with zero attached hydrogens (tertiary/aromatic N) is 1. The van der Waals surface area contributed by atoms with Crippen LogP contribution in [0.3, 0.4) is 0 Å². The molecule has 2 nitrogen and oxygen atoms in total. The molecule has 0 fully saturated rings. The van der Waals surface area contributed by atoms with E-state index in [0.717, 1.165) is 0 Å². The second kappa shape index (κ2) is 6.56. The van der Waals surface area contributed by atoms with Gasteiger partial charge in [-0.3, -0.25) is 0 Å². The molecule has 1 aromatic rings. The summed E-state index contributed by atoms with van der Waals surface area (Å²) in [4.78, 5) is 0. The molecule has 0 aliphatic heterocycles. The summed E-state index contributed by atoms with van der Waals surface area (Å²) in [6.45, 7) is 1.43. The predicted molar refractivity (Wildman–Crippen MR) is 42.5 cm³/mol. The first-order valence-electron chi connectivity index (χ1n) is 3.07. The molecule has 3 heteroatoms. The van der Waals surface area contributed by atoms with E-state index in [1.54, 1.807) is 30.3 Å². The van der Waals surface area contributed by atoms with E-state index in [2.05, 4.69) is 0 Å². The summed E-state index contributed by atoms with van der Waals surface area (Å²) in [5.74, 6) is 0. The number of hydrogen-bond donors (Lipinski definition) is 1. The number of rotatable bonds is 1. The molecule has 0 spiro atoms. The highest BCUT2D eigenvalue weighted by molar-refractivity contribution is 5.39. The number of nitriles is 1. The summed E-state index contributed by atoms with van der Waals surface area (Å²) >= 11 is 0. The van der Waals surface area contributed by atoms with Crippen LogP contribution in [-0.4, -0.2) is 0 Å². The maximum Gasteiger partial charge on any atom is 0.0655 e. The summed E-state index contributed by atoms with van der Waals surface area (Å²) in [6.07, 6.45) is 0. The number of halogens is 1. The molecule has 11 heavy (non-hydrogen) atoms. The highest BCUT2D eigenvalue weighted by Crippen LogP contribution is 2.03. The van der Waals surface area contributed by atoms with E-state index in [1.807, 2.05) is 6.07 Å². The molecule has 0 aromatic heterocycles. The Morgan fingerprint density at radius 3 is 2.09 bits per heavy atom. The summed E-state index contributed by atoms with van der Waals surface area (Å²) in [5, 5.41) is 7.32. The van der Waals surface area contributed by atoms with Gasteiger partial charge in [0, 0.05) is 6.92 Å². The lowest BCUT2D eigenvalue weighted by Crippen LogP contribution is -1.77. The third-order valence-electron chi connectivity index (χ3n) is 0.883. The van der Waals surface area contributed by atoms with Crippen molar-refractivity contribution in [2.75, 3.05) is 5.54 Å². The van der Waals surface area contributed by atoms with Gasteiger partial charge < -0.3 is 0 Å². The maximum absolute atomic E-state index is 11.5. The lowest BCUT2D eigenvalue weighted by molar-refractivity contribution is 0.618. The van der Waals surface area contributed by atoms with Gasteiger partial charge >= 0.3 is 0 Å². The first-order chi connectivity index (χ1) is 5.35. The van der Waals surface area contributed by atoms with Crippen LogP contribution in [0.5, 0.6) is 0 Å². The fraction of sp³-hybridized carbons (Fsp3) is 0.125. The van der Waals surface area contributed by atoms with Crippen molar-refractivity contribution in [3.05, 3.63) is 30.3 Å². The summed E-state index contributed by atoms with van der Waals surface area (Å²) < 4.78 is 11.5. The predicted octanol–water partition coefficient (Wildman–Crippen LogP) is 2.51. The second-order valence-corrected chi connectivity index (χ2v) is 1.68. The number of nitrogens with one attached hydrogen (secondary N) is 1. The molecule has 0 saturated heterocycles. The van der Waals surface area contributed by atoms with Crippen LogP contribution in [0.15, 0.2) is 30.3 Å². The Balaban J connectivity index is 0.000000292. The maximum atomic E-state index is 11.5. The molecule has 1 N–H and O–H groups in total. The zero-order chi connectivity index (χ0) is 8.53. The largest absolute Gasteiger partial charge is 0.225 e. The Morgan fingerprint density at radius 1 is 1.36 bits per heavy atom. The van der Waals surface area contributed by atoms with Gasteiger partial charge in [-0.25, -0.2) is 5.54 Å². The van der Waals surface area contributed by atoms with Gasteiger partial charge in [0.05, 0.1) is 11.8 Å². The smallest absolute Gasteiger partial charge is 0.0655 e. The van der Waals surface area contributed by atoms with Crippen molar-refractivity contribution in [2.45, 2.75) is 6.92 Å². The SMILES string of the molecule is CC#N.FNc1ccccc1. The fourth-order valence-corrected chi connectivity index (χ4v) is 0.501. The highest BCUT2D eigenvalue weighted by atomic mass is 19.2. The van der Waals surface area contributed by atoms with Crippen LogP contribution in [-0.2, 0) is 0 Å². The van der Waals surface area contributed by atoms with Crippen LogP contribution in [0.2, 0.25) is 0 Å². The van der Waals surface area contributed by atoms with Crippen molar-refractivity contribution in [2.24, 2.45) is 0 Å². The zero-order valence-corrected chi connectivity index (χ0v) is 6.21. The molecule has 58 valence electrons. The molecule has 0 aliphatic carbocycles. The second-order valence-electron chi connectivity index (χ2n) is 1.68. The third-order valence-corrected chi connectivity index (χ3v) is 0.883. The standard InChI is InChI=1S/C6H6FN.C2H3N/c7-8-6-4-2-1-3-5-6;1-2-3/h1-5,8H;1H3. The quantitative estimate of drug-likeness (QED) is 0.627. The first-order valence-corrected chi connectivity index (χ1v) is 3.07.